The van der Waals surface area contributed by atoms with Crippen LogP contribution in [0.5, 0.6) is 0 Å². The number of rotatable bonds is 8. The molecule has 1 aromatic heterocycles. The molecule has 2 heterocycles. The Hall–Kier alpha value is -3.83. The van der Waals surface area contributed by atoms with E-state index in [2.05, 4.69) is 25.5 Å². The number of benzene rings is 1. The predicted molar refractivity (Wildman–Crippen MR) is 113 cm³/mol. The number of aryl methyl sites for hydroxylation is 1. The van der Waals surface area contributed by atoms with Crippen LogP contribution in [0.25, 0.3) is 0 Å². The molecule has 1 amide bonds. The number of aromatic nitrogens is 2. The minimum Gasteiger partial charge on any atom is -0.356 e. The van der Waals surface area contributed by atoms with Crippen molar-refractivity contribution >= 4 is 29.0 Å². The molecule has 1 fully saturated rings. The van der Waals surface area contributed by atoms with Crippen molar-refractivity contribution in [2.24, 2.45) is 0 Å². The molecule has 0 unspecified atom stereocenters. The molecule has 1 aliphatic rings. The summed E-state index contributed by atoms with van der Waals surface area (Å²) < 4.78 is 0. The minimum atomic E-state index is -0.777. The van der Waals surface area contributed by atoms with E-state index in [9.17, 15) is 25.0 Å². The third-order valence-electron chi connectivity index (χ3n) is 4.80. The lowest BCUT2D eigenvalue weighted by Gasteiger charge is -2.28. The van der Waals surface area contributed by atoms with Gasteiger partial charge in [0.15, 0.2) is 0 Å². The molecule has 31 heavy (non-hydrogen) atoms. The van der Waals surface area contributed by atoms with Crippen molar-refractivity contribution in [3.63, 3.8) is 0 Å². The highest BCUT2D eigenvalue weighted by Gasteiger charge is 2.20. The Morgan fingerprint density at radius 1 is 1.00 bits per heavy atom. The number of piperidine rings is 1. The average Bonchev–Trinajstić information content (AvgIpc) is 2.76. The smallest absolute Gasteiger partial charge is 0.277 e. The first-order valence-corrected chi connectivity index (χ1v) is 9.90. The van der Waals surface area contributed by atoms with E-state index in [1.165, 1.54) is 6.42 Å². The highest BCUT2D eigenvalue weighted by molar-refractivity contribution is 5.95. The van der Waals surface area contributed by atoms with Gasteiger partial charge in [0.05, 0.1) is 21.5 Å². The molecule has 0 radical (unpaired) electrons. The van der Waals surface area contributed by atoms with Gasteiger partial charge in [-0.15, -0.1) is 0 Å². The van der Waals surface area contributed by atoms with Crippen molar-refractivity contribution < 1.29 is 14.6 Å². The first kappa shape index (κ1) is 21.9. The molecule has 12 nitrogen and oxygen atoms in total. The van der Waals surface area contributed by atoms with Crippen molar-refractivity contribution in [2.75, 3.05) is 36.4 Å². The van der Waals surface area contributed by atoms with E-state index < -0.39 is 27.1 Å². The van der Waals surface area contributed by atoms with Crippen molar-refractivity contribution in [1.82, 2.24) is 15.3 Å². The number of nitrogens with one attached hydrogen (secondary N) is 2. The molecular formula is C19H23N7O5. The first-order chi connectivity index (χ1) is 14.8. The molecule has 1 aromatic carbocycles. The number of non-ortho nitro benzene ring substituents is 2. The second kappa shape index (κ2) is 9.78. The van der Waals surface area contributed by atoms with Crippen LogP contribution < -0.4 is 15.5 Å². The van der Waals surface area contributed by atoms with E-state index in [1.807, 2.05) is 13.0 Å². The maximum Gasteiger partial charge on any atom is 0.277 e. The zero-order chi connectivity index (χ0) is 22.4. The number of nitrogens with zero attached hydrogens (tertiary/aromatic N) is 5. The van der Waals surface area contributed by atoms with Gasteiger partial charge in [-0.2, -0.15) is 4.98 Å². The number of amides is 1. The van der Waals surface area contributed by atoms with Gasteiger partial charge in [-0.25, -0.2) is 4.98 Å². The van der Waals surface area contributed by atoms with E-state index in [4.69, 9.17) is 0 Å². The van der Waals surface area contributed by atoms with E-state index in [0.29, 0.717) is 12.5 Å². The Bertz CT molecular complexity index is 959. The minimum absolute atomic E-state index is 0.153. The van der Waals surface area contributed by atoms with Gasteiger partial charge >= 0.3 is 0 Å². The fourth-order valence-corrected chi connectivity index (χ4v) is 3.31. The molecule has 1 aliphatic heterocycles. The zero-order valence-corrected chi connectivity index (χ0v) is 17.0. The van der Waals surface area contributed by atoms with E-state index in [0.717, 1.165) is 55.6 Å². The van der Waals surface area contributed by atoms with Crippen LogP contribution in [0.1, 0.15) is 35.3 Å². The number of hydrogen-bond acceptors (Lipinski definition) is 9. The number of hydrogen-bond donors (Lipinski definition) is 2. The summed E-state index contributed by atoms with van der Waals surface area (Å²) in [7, 11) is 0. The highest BCUT2D eigenvalue weighted by atomic mass is 16.6. The van der Waals surface area contributed by atoms with Crippen LogP contribution in [0, 0.1) is 27.2 Å². The second-order valence-electron chi connectivity index (χ2n) is 7.17. The Balaban J connectivity index is 1.58. The predicted octanol–water partition coefficient (Wildman–Crippen LogP) is 2.43. The molecule has 0 saturated carbocycles. The van der Waals surface area contributed by atoms with Crippen molar-refractivity contribution in [1.29, 1.82) is 0 Å². The number of nitro groups is 2. The number of carbonyl (C=O) groups excluding carboxylic acids is 1. The lowest BCUT2D eigenvalue weighted by molar-refractivity contribution is -0.394. The Labute approximate surface area is 178 Å². The molecule has 2 N–H and O–H groups in total. The summed E-state index contributed by atoms with van der Waals surface area (Å²) in [5.74, 6) is 0.663. The molecule has 2 aromatic rings. The van der Waals surface area contributed by atoms with Crippen molar-refractivity contribution in [2.45, 2.75) is 26.2 Å². The van der Waals surface area contributed by atoms with Crippen LogP contribution >= 0.6 is 0 Å². The van der Waals surface area contributed by atoms with Crippen LogP contribution in [0.15, 0.2) is 24.3 Å². The highest BCUT2D eigenvalue weighted by Crippen LogP contribution is 2.23. The average molecular weight is 429 g/mol. The molecule has 1 saturated heterocycles. The summed E-state index contributed by atoms with van der Waals surface area (Å²) in [5, 5.41) is 27.6. The SMILES string of the molecule is Cc1cc(N2CCCCC2)nc(NCCNC(=O)c2cc([N+](=O)[O-])cc([N+](=O)[O-])c2)n1. The quantitative estimate of drug-likeness (QED) is 0.365. The van der Waals surface area contributed by atoms with Crippen molar-refractivity contribution in [3.05, 3.63) is 55.8 Å². The zero-order valence-electron chi connectivity index (χ0n) is 17.0. The third kappa shape index (κ3) is 5.84. The molecule has 0 spiro atoms. The lowest BCUT2D eigenvalue weighted by Crippen LogP contribution is -2.31. The first-order valence-electron chi connectivity index (χ1n) is 9.90. The van der Waals surface area contributed by atoms with Gasteiger partial charge in [0, 0.05) is 50.1 Å². The summed E-state index contributed by atoms with van der Waals surface area (Å²) >= 11 is 0. The Morgan fingerprint density at radius 2 is 1.65 bits per heavy atom. The fraction of sp³-hybridized carbons (Fsp3) is 0.421. The fourth-order valence-electron chi connectivity index (χ4n) is 3.31. The molecular weight excluding hydrogens is 406 g/mol. The Kier molecular flexibility index (Phi) is 6.90. The summed E-state index contributed by atoms with van der Waals surface area (Å²) in [6.45, 7) is 4.29. The number of nitro benzene ring substituents is 2. The summed E-state index contributed by atoms with van der Waals surface area (Å²) in [4.78, 5) is 43.8. The largest absolute Gasteiger partial charge is 0.356 e. The molecule has 0 atom stereocenters. The lowest BCUT2D eigenvalue weighted by atomic mass is 10.1. The molecule has 12 heteroatoms. The number of carbonyl (C=O) groups is 1. The van der Waals surface area contributed by atoms with E-state index >= 15 is 0 Å². The van der Waals surface area contributed by atoms with E-state index in [-0.39, 0.29) is 12.1 Å². The third-order valence-corrected chi connectivity index (χ3v) is 4.80. The van der Waals surface area contributed by atoms with Crippen LogP contribution in [0.3, 0.4) is 0 Å². The number of anilines is 2. The van der Waals surface area contributed by atoms with Crippen LogP contribution in [0.4, 0.5) is 23.1 Å². The maximum absolute atomic E-state index is 12.3. The topological polar surface area (TPSA) is 156 Å². The van der Waals surface area contributed by atoms with Gasteiger partial charge < -0.3 is 15.5 Å². The summed E-state index contributed by atoms with van der Waals surface area (Å²) in [6, 6.07) is 4.76. The molecule has 164 valence electrons. The van der Waals surface area contributed by atoms with Gasteiger partial charge in [0.25, 0.3) is 17.3 Å². The van der Waals surface area contributed by atoms with Gasteiger partial charge in [-0.1, -0.05) is 0 Å². The molecule has 0 aliphatic carbocycles. The van der Waals surface area contributed by atoms with Gasteiger partial charge in [-0.3, -0.25) is 25.0 Å². The maximum atomic E-state index is 12.3. The molecule has 3 rings (SSSR count). The monoisotopic (exact) mass is 429 g/mol. The van der Waals surface area contributed by atoms with Crippen molar-refractivity contribution in [3.8, 4) is 0 Å². The summed E-state index contributed by atoms with van der Waals surface area (Å²) in [5.41, 5.74) is -0.363. The van der Waals surface area contributed by atoms with E-state index in [1.54, 1.807) is 0 Å². The Morgan fingerprint density at radius 3 is 2.26 bits per heavy atom. The van der Waals surface area contributed by atoms with Gasteiger partial charge in [0.2, 0.25) is 5.95 Å². The molecule has 0 bridgehead atoms. The van der Waals surface area contributed by atoms with Crippen LogP contribution in [0.2, 0.25) is 0 Å². The normalized spacial score (nSPS) is 13.5. The van der Waals surface area contributed by atoms with Gasteiger partial charge in [-0.05, 0) is 26.2 Å². The van der Waals surface area contributed by atoms with Gasteiger partial charge in [0.1, 0.15) is 5.82 Å². The standard InChI is InChI=1S/C19H23N7O5/c1-13-9-17(24-7-3-2-4-8-24)23-19(22-13)21-6-5-20-18(27)14-10-15(25(28)29)12-16(11-14)26(30)31/h9-12H,2-8H2,1H3,(H,20,27)(H,21,22,23). The second-order valence-corrected chi connectivity index (χ2v) is 7.17. The summed E-state index contributed by atoms with van der Waals surface area (Å²) in [6.07, 6.45) is 3.49. The van der Waals surface area contributed by atoms with Crippen LogP contribution in [-0.4, -0.2) is 51.9 Å². The van der Waals surface area contributed by atoms with Crippen LogP contribution in [-0.2, 0) is 0 Å².